The van der Waals surface area contributed by atoms with Crippen LogP contribution < -0.4 is 0 Å². The van der Waals surface area contributed by atoms with E-state index in [4.69, 9.17) is 19.9 Å². The molecular weight excluding hydrogens is 844 g/mol. The van der Waals surface area contributed by atoms with E-state index in [1.54, 1.807) is 0 Å². The van der Waals surface area contributed by atoms with Crippen molar-refractivity contribution >= 4 is 43.9 Å². The van der Waals surface area contributed by atoms with Crippen LogP contribution in [0.25, 0.3) is 77.8 Å². The van der Waals surface area contributed by atoms with Crippen molar-refractivity contribution in [2.45, 2.75) is 5.41 Å². The molecule has 0 N–H and O–H groups in total. The predicted octanol–water partition coefficient (Wildman–Crippen LogP) is 9.85. The Morgan fingerprint density at radius 1 is 0.500 bits per heavy atom. The molecular formula is C47H30N6Pt. The normalized spacial score (nSPS) is 13.0. The first-order valence-electron chi connectivity index (χ1n) is 17.8. The molecule has 0 radical (unpaired) electrons. The van der Waals surface area contributed by atoms with E-state index in [2.05, 4.69) is 145 Å². The fourth-order valence-corrected chi connectivity index (χ4v) is 8.68. The first kappa shape index (κ1) is 32.4. The summed E-state index contributed by atoms with van der Waals surface area (Å²) >= 11 is 0. The molecule has 0 fully saturated rings. The average Bonchev–Trinajstić information content (AvgIpc) is 3.84. The molecule has 0 unspecified atom stereocenters. The molecule has 4 aromatic heterocycles. The van der Waals surface area contributed by atoms with Crippen LogP contribution in [-0.2, 0) is 40.6 Å². The molecule has 0 atom stereocenters. The zero-order valence-corrected chi connectivity index (χ0v) is 31.6. The standard InChI is InChI=1S/C47H30N6.Pt/c1-52-41-21-9-7-19-39(41)50-45(52)35-27-31(25-29-13-11-23-48-43(29)35)47(37-17-5-3-15-33(37)34-16-4-6-18-38(34)47)32-26-30-14-12-24-49-44(30)36(28-32)46-51-40-20-8-10-22-42(40)53(46)2;/h3-26H,1-2H3;/q-2;+2. The van der Waals surface area contributed by atoms with Crippen molar-refractivity contribution in [3.05, 3.63) is 180 Å². The van der Waals surface area contributed by atoms with Crippen LogP contribution in [0, 0.1) is 12.1 Å². The summed E-state index contributed by atoms with van der Waals surface area (Å²) in [5, 5.41) is 2.03. The van der Waals surface area contributed by atoms with E-state index >= 15 is 0 Å². The van der Waals surface area contributed by atoms with Crippen LogP contribution in [-0.4, -0.2) is 29.1 Å². The van der Waals surface area contributed by atoms with E-state index in [1.165, 1.54) is 22.3 Å². The minimum atomic E-state index is -0.806. The van der Waals surface area contributed by atoms with Crippen molar-refractivity contribution in [1.82, 2.24) is 29.1 Å². The summed E-state index contributed by atoms with van der Waals surface area (Å²) < 4.78 is 4.31. The van der Waals surface area contributed by atoms with Gasteiger partial charge in [-0.05, 0) is 69.7 Å². The Bertz CT molecular complexity index is 2910. The first-order valence-corrected chi connectivity index (χ1v) is 17.8. The summed E-state index contributed by atoms with van der Waals surface area (Å²) in [6, 6.07) is 54.9. The molecule has 1 aliphatic rings. The number of imidazole rings is 2. The van der Waals surface area contributed by atoms with Crippen molar-refractivity contribution in [3.63, 3.8) is 0 Å². The average molecular weight is 874 g/mol. The van der Waals surface area contributed by atoms with Gasteiger partial charge in [0.1, 0.15) is 0 Å². The molecule has 0 bridgehead atoms. The van der Waals surface area contributed by atoms with Crippen molar-refractivity contribution in [2.75, 3.05) is 0 Å². The van der Waals surface area contributed by atoms with Gasteiger partial charge in [-0.1, -0.05) is 107 Å². The number of aromatic nitrogens is 6. The van der Waals surface area contributed by atoms with E-state index in [0.29, 0.717) is 0 Å². The van der Waals surface area contributed by atoms with E-state index < -0.39 is 5.41 Å². The minimum absolute atomic E-state index is 0. The number of benzene rings is 6. The molecule has 4 heterocycles. The molecule has 1 aliphatic carbocycles. The summed E-state index contributed by atoms with van der Waals surface area (Å²) in [7, 11) is 4.15. The third-order valence-corrected chi connectivity index (χ3v) is 11.1. The van der Waals surface area contributed by atoms with E-state index in [1.807, 2.05) is 36.7 Å². The topological polar surface area (TPSA) is 61.4 Å². The zero-order valence-electron chi connectivity index (χ0n) is 29.4. The molecule has 11 rings (SSSR count). The van der Waals surface area contributed by atoms with Crippen molar-refractivity contribution < 1.29 is 21.1 Å². The number of nitrogens with zero attached hydrogens (tertiary/aromatic N) is 6. The second-order valence-corrected chi connectivity index (χ2v) is 13.8. The van der Waals surface area contributed by atoms with Gasteiger partial charge in [0.15, 0.2) is 0 Å². The Kier molecular flexibility index (Phi) is 7.30. The van der Waals surface area contributed by atoms with Gasteiger partial charge < -0.3 is 19.1 Å². The molecule has 258 valence electrons. The Labute approximate surface area is 326 Å². The Morgan fingerprint density at radius 3 is 1.39 bits per heavy atom. The summed E-state index contributed by atoms with van der Waals surface area (Å²) in [5.41, 5.74) is 13.3. The molecule has 6 nitrogen and oxygen atoms in total. The number of hydrogen-bond acceptors (Lipinski definition) is 4. The smallest absolute Gasteiger partial charge is 0.367 e. The van der Waals surface area contributed by atoms with Crippen LogP contribution in [0.2, 0.25) is 0 Å². The summed E-state index contributed by atoms with van der Waals surface area (Å²) in [4.78, 5) is 20.2. The van der Waals surface area contributed by atoms with Crippen molar-refractivity contribution in [2.24, 2.45) is 14.1 Å². The van der Waals surface area contributed by atoms with Crippen LogP contribution in [0.15, 0.2) is 146 Å². The first-order chi connectivity index (χ1) is 26.1. The molecule has 0 aliphatic heterocycles. The largest absolute Gasteiger partial charge is 2.00 e. The third-order valence-electron chi connectivity index (χ3n) is 11.1. The molecule has 10 aromatic rings. The number of pyridine rings is 2. The number of rotatable bonds is 4. The van der Waals surface area contributed by atoms with Crippen molar-refractivity contribution in [1.29, 1.82) is 0 Å². The summed E-state index contributed by atoms with van der Waals surface area (Å²) in [6.45, 7) is 0. The second-order valence-electron chi connectivity index (χ2n) is 13.8. The predicted molar refractivity (Wildman–Crippen MR) is 211 cm³/mol. The maximum atomic E-state index is 5.17. The monoisotopic (exact) mass is 873 g/mol. The SMILES string of the molecule is Cn1c(-c2[c-]c(C3(c4[c-]c(-c5nc6ccccc6n5C)c5ncccc5c4)c4ccccc4-c4ccccc43)cc3cccnc23)nc2ccccc21.[Pt+2]. The van der Waals surface area contributed by atoms with E-state index in [9.17, 15) is 0 Å². The van der Waals surface area contributed by atoms with Gasteiger partial charge >= 0.3 is 21.1 Å². The minimum Gasteiger partial charge on any atom is -0.367 e. The number of fused-ring (bicyclic) bond motifs is 7. The number of aryl methyl sites for hydroxylation is 2. The van der Waals surface area contributed by atoms with Gasteiger partial charge in [-0.25, -0.2) is 0 Å². The molecule has 7 heteroatoms. The van der Waals surface area contributed by atoms with Crippen LogP contribution in [0.4, 0.5) is 0 Å². The van der Waals surface area contributed by atoms with Gasteiger partial charge in [-0.2, -0.15) is 0 Å². The molecule has 0 saturated heterocycles. The Hall–Kier alpha value is -6.23. The Morgan fingerprint density at radius 2 is 0.926 bits per heavy atom. The fraction of sp³-hybridized carbons (Fsp3) is 0.0638. The van der Waals surface area contributed by atoms with Crippen molar-refractivity contribution in [3.8, 4) is 33.9 Å². The van der Waals surface area contributed by atoms with Crippen LogP contribution in [0.1, 0.15) is 22.3 Å². The molecule has 0 saturated carbocycles. The maximum Gasteiger partial charge on any atom is 2.00 e. The van der Waals surface area contributed by atoms with E-state index in [-0.39, 0.29) is 21.1 Å². The molecule has 0 spiro atoms. The third kappa shape index (κ3) is 4.44. The van der Waals surface area contributed by atoms with Gasteiger partial charge in [0.05, 0.1) is 33.7 Å². The van der Waals surface area contributed by atoms with Crippen LogP contribution >= 0.6 is 0 Å². The van der Waals surface area contributed by atoms with Gasteiger partial charge in [-0.15, -0.1) is 35.4 Å². The van der Waals surface area contributed by atoms with Gasteiger partial charge in [0.2, 0.25) is 0 Å². The quantitative estimate of drug-likeness (QED) is 0.165. The fourth-order valence-electron chi connectivity index (χ4n) is 8.68. The molecule has 6 aromatic carbocycles. The summed E-state index contributed by atoms with van der Waals surface area (Å²) in [6.07, 6.45) is 3.70. The zero-order chi connectivity index (χ0) is 35.3. The molecule has 54 heavy (non-hydrogen) atoms. The van der Waals surface area contributed by atoms with E-state index in [0.717, 1.165) is 77.8 Å². The molecule has 0 amide bonds. The van der Waals surface area contributed by atoms with Crippen LogP contribution in [0.5, 0.6) is 0 Å². The van der Waals surface area contributed by atoms with Crippen LogP contribution in [0.3, 0.4) is 0 Å². The van der Waals surface area contributed by atoms with Gasteiger partial charge in [0, 0.05) is 31.9 Å². The van der Waals surface area contributed by atoms with Gasteiger partial charge in [-0.3, -0.25) is 9.97 Å². The van der Waals surface area contributed by atoms with Gasteiger partial charge in [0.25, 0.3) is 0 Å². The second kappa shape index (κ2) is 12.2. The Balaban J connectivity index is 0.00000361. The number of para-hydroxylation sites is 4. The maximum absolute atomic E-state index is 5.17. The number of hydrogen-bond donors (Lipinski definition) is 0. The summed E-state index contributed by atoms with van der Waals surface area (Å²) in [5.74, 6) is 1.64.